The molecule has 7 nitrogen and oxygen atoms in total. The minimum Gasteiger partial charge on any atom is -0.477 e. The van der Waals surface area contributed by atoms with E-state index in [4.69, 9.17) is 28.3 Å². The lowest BCUT2D eigenvalue weighted by Crippen LogP contribution is -2.14. The molecule has 0 radical (unpaired) electrons. The average molecular weight is 354 g/mol. The first-order chi connectivity index (χ1) is 9.72. The van der Waals surface area contributed by atoms with Crippen molar-refractivity contribution in [1.82, 2.24) is 10.2 Å². The Balaban J connectivity index is 2.38. The number of carboxylic acids is 1. The molecule has 0 amide bonds. The predicted molar refractivity (Wildman–Crippen MR) is 72.8 cm³/mol. The zero-order valence-corrected chi connectivity index (χ0v) is 12.2. The summed E-state index contributed by atoms with van der Waals surface area (Å²) in [5.74, 6) is -2.67. The number of carbonyl (C=O) groups is 1. The standard InChI is InChI=1S/C10H6Cl2FN3O4S/c11-4-1-2-6(8(12)9(4)13)21(19,20)16-7-3-5(10(17)18)14-15-7/h1-3H,(H,17,18)(H2,14,15,16). The molecule has 3 N–H and O–H groups in total. The molecule has 11 heteroatoms. The Kier molecular flexibility index (Phi) is 4.08. The summed E-state index contributed by atoms with van der Waals surface area (Å²) >= 11 is 11.1. The summed E-state index contributed by atoms with van der Waals surface area (Å²) < 4.78 is 39.6. The molecular formula is C10H6Cl2FN3O4S. The van der Waals surface area contributed by atoms with E-state index in [9.17, 15) is 17.6 Å². The number of nitrogens with zero attached hydrogens (tertiary/aromatic N) is 1. The van der Waals surface area contributed by atoms with Crippen molar-refractivity contribution in [2.45, 2.75) is 4.90 Å². The third kappa shape index (κ3) is 3.09. The van der Waals surface area contributed by atoms with Gasteiger partial charge in [-0.15, -0.1) is 0 Å². The molecule has 1 heterocycles. The number of H-pyrrole nitrogens is 1. The van der Waals surface area contributed by atoms with Crippen molar-refractivity contribution in [2.75, 3.05) is 4.72 Å². The normalized spacial score (nSPS) is 11.4. The highest BCUT2D eigenvalue weighted by atomic mass is 35.5. The number of aromatic carboxylic acids is 1. The van der Waals surface area contributed by atoms with Crippen molar-refractivity contribution < 1.29 is 22.7 Å². The van der Waals surface area contributed by atoms with Gasteiger partial charge in [-0.2, -0.15) is 5.10 Å². The number of carboxylic acid groups (broad SMARTS) is 1. The predicted octanol–water partition coefficient (Wildman–Crippen LogP) is 2.35. The fourth-order valence-corrected chi connectivity index (χ4v) is 3.13. The maximum Gasteiger partial charge on any atom is 0.353 e. The van der Waals surface area contributed by atoms with Crippen LogP contribution in [-0.2, 0) is 10.0 Å². The monoisotopic (exact) mass is 353 g/mol. The second-order valence-corrected chi connectivity index (χ2v) is 6.19. The van der Waals surface area contributed by atoms with E-state index in [1.165, 1.54) is 0 Å². The molecule has 1 aromatic heterocycles. The van der Waals surface area contributed by atoms with E-state index in [1.807, 2.05) is 4.72 Å². The molecule has 0 fully saturated rings. The smallest absolute Gasteiger partial charge is 0.353 e. The van der Waals surface area contributed by atoms with Crippen molar-refractivity contribution in [2.24, 2.45) is 0 Å². The van der Waals surface area contributed by atoms with E-state index in [2.05, 4.69) is 10.2 Å². The molecule has 0 unspecified atom stereocenters. The minimum absolute atomic E-state index is 0.279. The quantitative estimate of drug-likeness (QED) is 0.730. The van der Waals surface area contributed by atoms with Gasteiger partial charge in [-0.3, -0.25) is 9.82 Å². The van der Waals surface area contributed by atoms with Gasteiger partial charge >= 0.3 is 5.97 Å². The lowest BCUT2D eigenvalue weighted by Gasteiger charge is -2.08. The van der Waals surface area contributed by atoms with Crippen LogP contribution in [0.4, 0.5) is 10.2 Å². The highest BCUT2D eigenvalue weighted by Crippen LogP contribution is 2.30. The number of aromatic amines is 1. The first kappa shape index (κ1) is 15.5. The topological polar surface area (TPSA) is 112 Å². The van der Waals surface area contributed by atoms with Crippen molar-refractivity contribution in [1.29, 1.82) is 0 Å². The molecule has 0 atom stereocenters. The molecule has 112 valence electrons. The number of benzene rings is 1. The van der Waals surface area contributed by atoms with E-state index in [0.29, 0.717) is 0 Å². The maximum atomic E-state index is 13.5. The third-order valence-electron chi connectivity index (χ3n) is 2.34. The molecule has 0 saturated carbocycles. The number of hydrogen-bond acceptors (Lipinski definition) is 4. The van der Waals surface area contributed by atoms with Crippen molar-refractivity contribution >= 4 is 45.0 Å². The molecule has 0 saturated heterocycles. The summed E-state index contributed by atoms with van der Waals surface area (Å²) in [4.78, 5) is 10.1. The van der Waals surface area contributed by atoms with Gasteiger partial charge in [-0.05, 0) is 12.1 Å². The van der Waals surface area contributed by atoms with Gasteiger partial charge in [-0.1, -0.05) is 23.2 Å². The molecule has 0 bridgehead atoms. The second kappa shape index (κ2) is 5.51. The molecule has 1 aromatic carbocycles. The van der Waals surface area contributed by atoms with E-state index >= 15 is 0 Å². The SMILES string of the molecule is O=C(O)c1cc(NS(=O)(=O)c2ccc(Cl)c(F)c2Cl)n[nH]1. The van der Waals surface area contributed by atoms with Gasteiger partial charge in [0.2, 0.25) is 0 Å². The Morgan fingerprint density at radius 1 is 1.38 bits per heavy atom. The second-order valence-electron chi connectivity index (χ2n) is 3.75. The van der Waals surface area contributed by atoms with Crippen LogP contribution in [0.25, 0.3) is 0 Å². The van der Waals surface area contributed by atoms with Gasteiger partial charge in [0.15, 0.2) is 11.6 Å². The van der Waals surface area contributed by atoms with Crippen molar-refractivity contribution in [3.8, 4) is 0 Å². The molecule has 2 aromatic rings. The first-order valence-corrected chi connectivity index (χ1v) is 7.41. The van der Waals surface area contributed by atoms with E-state index in [1.54, 1.807) is 0 Å². The molecular weight excluding hydrogens is 348 g/mol. The van der Waals surface area contributed by atoms with Crippen LogP contribution < -0.4 is 4.72 Å². The summed E-state index contributed by atoms with van der Waals surface area (Å²) in [7, 11) is -4.25. The molecule has 0 spiro atoms. The van der Waals surface area contributed by atoms with E-state index in [-0.39, 0.29) is 16.5 Å². The molecule has 2 rings (SSSR count). The maximum absolute atomic E-state index is 13.5. The zero-order valence-electron chi connectivity index (χ0n) is 9.89. The van der Waals surface area contributed by atoms with Gasteiger partial charge in [0, 0.05) is 6.07 Å². The Hall–Kier alpha value is -1.84. The lowest BCUT2D eigenvalue weighted by atomic mass is 10.3. The number of hydrogen-bond donors (Lipinski definition) is 3. The Bertz CT molecular complexity index is 822. The summed E-state index contributed by atoms with van der Waals surface area (Å²) in [6.45, 7) is 0. The number of aromatic nitrogens is 2. The van der Waals surface area contributed by atoms with Crippen LogP contribution in [-0.4, -0.2) is 29.7 Å². The van der Waals surface area contributed by atoms with Gasteiger partial charge in [0.1, 0.15) is 10.6 Å². The molecule has 0 aliphatic rings. The van der Waals surface area contributed by atoms with Crippen molar-refractivity contribution in [3.05, 3.63) is 39.8 Å². The van der Waals surface area contributed by atoms with Crippen molar-refractivity contribution in [3.63, 3.8) is 0 Å². The Labute approximate surface area is 127 Å². The number of halogens is 3. The summed E-state index contributed by atoms with van der Waals surface area (Å²) in [6.07, 6.45) is 0. The Morgan fingerprint density at radius 3 is 2.62 bits per heavy atom. The van der Waals surface area contributed by atoms with Crippen LogP contribution >= 0.6 is 23.2 Å². The Morgan fingerprint density at radius 2 is 2.05 bits per heavy atom. The summed E-state index contributed by atoms with van der Waals surface area (Å²) in [6, 6.07) is 3.01. The fraction of sp³-hybridized carbons (Fsp3) is 0. The average Bonchev–Trinajstić information content (AvgIpc) is 2.83. The van der Waals surface area contributed by atoms with Crippen LogP contribution in [0.15, 0.2) is 23.1 Å². The minimum atomic E-state index is -4.25. The first-order valence-electron chi connectivity index (χ1n) is 5.17. The van der Waals surface area contributed by atoms with Crippen LogP contribution in [0.2, 0.25) is 10.0 Å². The third-order valence-corrected chi connectivity index (χ3v) is 4.51. The highest BCUT2D eigenvalue weighted by molar-refractivity contribution is 7.92. The molecule has 0 aliphatic heterocycles. The van der Waals surface area contributed by atoms with Gasteiger partial charge in [-0.25, -0.2) is 17.6 Å². The number of sulfonamides is 1. The largest absolute Gasteiger partial charge is 0.477 e. The fourth-order valence-electron chi connectivity index (χ4n) is 1.39. The number of rotatable bonds is 4. The van der Waals surface area contributed by atoms with Gasteiger partial charge < -0.3 is 5.11 Å². The van der Waals surface area contributed by atoms with Crippen LogP contribution in [0, 0.1) is 5.82 Å². The van der Waals surface area contributed by atoms with Crippen LogP contribution in [0.1, 0.15) is 10.5 Å². The number of anilines is 1. The van der Waals surface area contributed by atoms with E-state index in [0.717, 1.165) is 18.2 Å². The summed E-state index contributed by atoms with van der Waals surface area (Å²) in [5, 5.41) is 13.3. The lowest BCUT2D eigenvalue weighted by molar-refractivity contribution is 0.0690. The van der Waals surface area contributed by atoms with Gasteiger partial charge in [0.05, 0.1) is 10.0 Å². The van der Waals surface area contributed by atoms with Gasteiger partial charge in [0.25, 0.3) is 10.0 Å². The van der Waals surface area contributed by atoms with Crippen LogP contribution in [0.3, 0.4) is 0 Å². The number of nitrogens with one attached hydrogen (secondary N) is 2. The molecule has 0 aliphatic carbocycles. The molecule has 21 heavy (non-hydrogen) atoms. The van der Waals surface area contributed by atoms with E-state index < -0.39 is 31.7 Å². The highest BCUT2D eigenvalue weighted by Gasteiger charge is 2.23. The zero-order chi connectivity index (χ0) is 15.8. The van der Waals surface area contributed by atoms with Crippen LogP contribution in [0.5, 0.6) is 0 Å². The summed E-state index contributed by atoms with van der Waals surface area (Å²) in [5.41, 5.74) is -0.318.